The van der Waals surface area contributed by atoms with E-state index in [1.54, 1.807) is 11.8 Å². The number of carbonyl (C=O) groups is 2. The van der Waals surface area contributed by atoms with Gasteiger partial charge in [-0.2, -0.15) is 0 Å². The van der Waals surface area contributed by atoms with Crippen molar-refractivity contribution in [1.82, 2.24) is 15.2 Å². The van der Waals surface area contributed by atoms with Gasteiger partial charge in [0.2, 0.25) is 5.91 Å². The number of amides is 3. The zero-order valence-corrected chi connectivity index (χ0v) is 17.4. The molecule has 30 heavy (non-hydrogen) atoms. The number of anilines is 2. The molecule has 0 radical (unpaired) electrons. The van der Waals surface area contributed by atoms with Crippen LogP contribution in [0.15, 0.2) is 54.7 Å². The highest BCUT2D eigenvalue weighted by Gasteiger charge is 2.24. The molecule has 1 atom stereocenters. The Balaban J connectivity index is 1.28. The number of H-pyrrole nitrogens is 1. The minimum atomic E-state index is -0.648. The van der Waals surface area contributed by atoms with Gasteiger partial charge in [0.15, 0.2) is 0 Å². The van der Waals surface area contributed by atoms with E-state index in [-0.39, 0.29) is 11.9 Å². The van der Waals surface area contributed by atoms with Crippen LogP contribution >= 0.6 is 11.6 Å². The van der Waals surface area contributed by atoms with Crippen LogP contribution in [0.2, 0.25) is 5.02 Å². The molecule has 1 aliphatic heterocycles. The topological polar surface area (TPSA) is 80.5 Å². The molecule has 0 spiro atoms. The maximum absolute atomic E-state index is 12.6. The number of hydrogen-bond donors (Lipinski definition) is 3. The van der Waals surface area contributed by atoms with Crippen molar-refractivity contribution in [2.45, 2.75) is 13.0 Å². The average Bonchev–Trinajstić information content (AvgIpc) is 3.21. The summed E-state index contributed by atoms with van der Waals surface area (Å²) in [5.74, 6) is -0.254. The average molecular weight is 426 g/mol. The molecule has 1 fully saturated rings. The molecule has 0 bridgehead atoms. The number of carbonyl (C=O) groups excluding carboxylic acids is 2. The Morgan fingerprint density at radius 1 is 1.07 bits per heavy atom. The summed E-state index contributed by atoms with van der Waals surface area (Å²) in [5, 5.41) is 7.37. The van der Waals surface area contributed by atoms with Gasteiger partial charge in [0.25, 0.3) is 0 Å². The van der Waals surface area contributed by atoms with Crippen molar-refractivity contribution >= 4 is 45.8 Å². The molecule has 1 aliphatic rings. The van der Waals surface area contributed by atoms with E-state index in [2.05, 4.69) is 20.5 Å². The van der Waals surface area contributed by atoms with Gasteiger partial charge in [-0.05, 0) is 49.4 Å². The number of aromatic amines is 1. The third-order valence-corrected chi connectivity index (χ3v) is 5.53. The molecule has 0 unspecified atom stereocenters. The lowest BCUT2D eigenvalue weighted by molar-refractivity contribution is -0.117. The Morgan fingerprint density at radius 3 is 2.63 bits per heavy atom. The van der Waals surface area contributed by atoms with Crippen molar-refractivity contribution in [2.75, 3.05) is 36.4 Å². The van der Waals surface area contributed by atoms with Crippen LogP contribution in [0.25, 0.3) is 10.9 Å². The SMILES string of the molecule is C[C@H](NC(=O)N1CCN(c2cccc(Cl)c2)CC1)C(=O)Nc1ccc2[nH]ccc2c1. The molecule has 1 aromatic heterocycles. The van der Waals surface area contributed by atoms with Gasteiger partial charge in [0, 0.05) is 59.7 Å². The van der Waals surface area contributed by atoms with Gasteiger partial charge in [-0.25, -0.2) is 4.79 Å². The number of urea groups is 1. The first-order valence-corrected chi connectivity index (χ1v) is 10.3. The fraction of sp³-hybridized carbons (Fsp3) is 0.273. The zero-order chi connectivity index (χ0) is 21.1. The standard InChI is InChI=1S/C22H24ClN5O2/c1-15(21(29)26-18-5-6-20-16(13-18)7-8-24-20)25-22(30)28-11-9-27(10-12-28)19-4-2-3-17(23)14-19/h2-8,13-15,24H,9-12H2,1H3,(H,25,30)(H,26,29)/t15-/m0/s1. The van der Waals surface area contributed by atoms with Gasteiger partial charge in [-0.15, -0.1) is 0 Å². The molecule has 3 aromatic rings. The summed E-state index contributed by atoms with van der Waals surface area (Å²) in [7, 11) is 0. The van der Waals surface area contributed by atoms with Crippen LogP contribution in [0.3, 0.4) is 0 Å². The second-order valence-electron chi connectivity index (χ2n) is 7.39. The van der Waals surface area contributed by atoms with E-state index >= 15 is 0 Å². The third-order valence-electron chi connectivity index (χ3n) is 5.29. The smallest absolute Gasteiger partial charge is 0.318 e. The third kappa shape index (κ3) is 4.52. The Kier molecular flexibility index (Phi) is 5.81. The molecule has 3 amide bonds. The second kappa shape index (κ2) is 8.67. The van der Waals surface area contributed by atoms with E-state index in [4.69, 9.17) is 11.6 Å². The van der Waals surface area contributed by atoms with Gasteiger partial charge in [-0.3, -0.25) is 4.79 Å². The highest BCUT2D eigenvalue weighted by Crippen LogP contribution is 2.21. The van der Waals surface area contributed by atoms with Gasteiger partial charge < -0.3 is 25.4 Å². The summed E-state index contributed by atoms with van der Waals surface area (Å²) in [4.78, 5) is 32.1. The lowest BCUT2D eigenvalue weighted by Crippen LogP contribution is -2.54. The largest absolute Gasteiger partial charge is 0.368 e. The Morgan fingerprint density at radius 2 is 1.87 bits per heavy atom. The molecule has 1 saturated heterocycles. The van der Waals surface area contributed by atoms with Crippen molar-refractivity contribution < 1.29 is 9.59 Å². The molecule has 156 valence electrons. The minimum absolute atomic E-state index is 0.232. The van der Waals surface area contributed by atoms with Crippen molar-refractivity contribution in [3.05, 3.63) is 59.8 Å². The van der Waals surface area contributed by atoms with Gasteiger partial charge in [-0.1, -0.05) is 17.7 Å². The van der Waals surface area contributed by atoms with Crippen LogP contribution in [-0.4, -0.2) is 54.0 Å². The molecule has 3 N–H and O–H groups in total. The number of hydrogen-bond acceptors (Lipinski definition) is 3. The lowest BCUT2D eigenvalue weighted by atomic mass is 10.2. The molecule has 2 heterocycles. The summed E-state index contributed by atoms with van der Waals surface area (Å²) in [6, 6.07) is 14.4. The van der Waals surface area contributed by atoms with E-state index in [9.17, 15) is 9.59 Å². The first-order chi connectivity index (χ1) is 14.5. The van der Waals surface area contributed by atoms with Crippen LogP contribution in [0, 0.1) is 0 Å². The summed E-state index contributed by atoms with van der Waals surface area (Å²) in [6.45, 7) is 4.27. The summed E-state index contributed by atoms with van der Waals surface area (Å²) in [5.41, 5.74) is 2.75. The lowest BCUT2D eigenvalue weighted by Gasteiger charge is -2.36. The first-order valence-electron chi connectivity index (χ1n) is 9.93. The highest BCUT2D eigenvalue weighted by atomic mass is 35.5. The zero-order valence-electron chi connectivity index (χ0n) is 16.7. The van der Waals surface area contributed by atoms with Crippen LogP contribution in [-0.2, 0) is 4.79 Å². The number of nitrogens with one attached hydrogen (secondary N) is 3. The molecule has 8 heteroatoms. The van der Waals surface area contributed by atoms with Crippen LogP contribution < -0.4 is 15.5 Å². The van der Waals surface area contributed by atoms with E-state index in [1.165, 1.54) is 0 Å². The molecule has 0 aliphatic carbocycles. The van der Waals surface area contributed by atoms with Gasteiger partial charge >= 0.3 is 6.03 Å². The van der Waals surface area contributed by atoms with E-state index in [0.717, 1.165) is 16.6 Å². The van der Waals surface area contributed by atoms with Crippen molar-refractivity contribution in [1.29, 1.82) is 0 Å². The molecule has 7 nitrogen and oxygen atoms in total. The van der Waals surface area contributed by atoms with Gasteiger partial charge in [0.05, 0.1) is 0 Å². The highest BCUT2D eigenvalue weighted by molar-refractivity contribution is 6.30. The Bertz CT molecular complexity index is 1060. The number of benzene rings is 2. The van der Waals surface area contributed by atoms with E-state index < -0.39 is 6.04 Å². The number of piperazine rings is 1. The molecule has 2 aromatic carbocycles. The van der Waals surface area contributed by atoms with E-state index in [0.29, 0.717) is 36.9 Å². The number of nitrogens with zero attached hydrogens (tertiary/aromatic N) is 2. The number of halogens is 1. The summed E-state index contributed by atoms with van der Waals surface area (Å²) < 4.78 is 0. The predicted octanol–water partition coefficient (Wildman–Crippen LogP) is 3.68. The van der Waals surface area contributed by atoms with Crippen molar-refractivity contribution in [2.24, 2.45) is 0 Å². The number of rotatable bonds is 4. The molecule has 4 rings (SSSR count). The quantitative estimate of drug-likeness (QED) is 0.596. The maximum atomic E-state index is 12.6. The van der Waals surface area contributed by atoms with Crippen LogP contribution in [0.1, 0.15) is 6.92 Å². The fourth-order valence-electron chi connectivity index (χ4n) is 3.56. The molecule has 0 saturated carbocycles. The Labute approximate surface area is 180 Å². The van der Waals surface area contributed by atoms with Crippen LogP contribution in [0.5, 0.6) is 0 Å². The molecular weight excluding hydrogens is 402 g/mol. The van der Waals surface area contributed by atoms with Crippen molar-refractivity contribution in [3.63, 3.8) is 0 Å². The van der Waals surface area contributed by atoms with Crippen molar-refractivity contribution in [3.8, 4) is 0 Å². The molecular formula is C22H24ClN5O2. The maximum Gasteiger partial charge on any atom is 0.318 e. The summed E-state index contributed by atoms with van der Waals surface area (Å²) >= 11 is 6.07. The van der Waals surface area contributed by atoms with Crippen LogP contribution in [0.4, 0.5) is 16.2 Å². The minimum Gasteiger partial charge on any atom is -0.368 e. The monoisotopic (exact) mass is 425 g/mol. The summed E-state index contributed by atoms with van der Waals surface area (Å²) in [6.07, 6.45) is 1.85. The van der Waals surface area contributed by atoms with Gasteiger partial charge in [0.1, 0.15) is 6.04 Å². The predicted molar refractivity (Wildman–Crippen MR) is 120 cm³/mol. The van der Waals surface area contributed by atoms with E-state index in [1.807, 2.05) is 54.7 Å². The second-order valence-corrected chi connectivity index (χ2v) is 7.83. The Hall–Kier alpha value is -3.19. The fourth-order valence-corrected chi connectivity index (χ4v) is 3.75. The normalized spacial score (nSPS) is 15.1. The number of fused-ring (bicyclic) bond motifs is 1. The number of aromatic nitrogens is 1. The first kappa shape index (κ1) is 20.1.